The van der Waals surface area contributed by atoms with E-state index in [1.165, 1.54) is 28.7 Å². The summed E-state index contributed by atoms with van der Waals surface area (Å²) >= 11 is 3.71. The van der Waals surface area contributed by atoms with Crippen molar-refractivity contribution in [3.8, 4) is 0 Å². The number of anilines is 1. The van der Waals surface area contributed by atoms with Gasteiger partial charge in [-0.3, -0.25) is 0 Å². The van der Waals surface area contributed by atoms with Crippen LogP contribution in [-0.2, 0) is 6.54 Å². The molecule has 0 bridgehead atoms. The largest absolute Gasteiger partial charge is 0.371 e. The van der Waals surface area contributed by atoms with Gasteiger partial charge in [-0.25, -0.2) is 0 Å². The van der Waals surface area contributed by atoms with E-state index in [0.717, 1.165) is 13.1 Å². The summed E-state index contributed by atoms with van der Waals surface area (Å²) in [5.41, 5.74) is 3.12. The smallest absolute Gasteiger partial charge is 0.0377 e. The summed E-state index contributed by atoms with van der Waals surface area (Å²) in [4.78, 5) is 2.49. The van der Waals surface area contributed by atoms with E-state index in [1.54, 1.807) is 0 Å². The first-order valence-electron chi connectivity index (χ1n) is 7.14. The average molecular weight is 325 g/mol. The first-order valence-corrected chi connectivity index (χ1v) is 7.93. The van der Waals surface area contributed by atoms with Crippen LogP contribution >= 0.6 is 15.9 Å². The van der Waals surface area contributed by atoms with E-state index >= 15 is 0 Å². The Hall–Kier alpha value is -0.540. The molecule has 0 aliphatic carbocycles. The first-order chi connectivity index (χ1) is 8.87. The second-order valence-corrected chi connectivity index (χ2v) is 7.50. The summed E-state index contributed by atoms with van der Waals surface area (Å²) in [5.74, 6) is 0. The second kappa shape index (κ2) is 5.84. The molecule has 1 N–H and O–H groups in total. The molecule has 1 aromatic carbocycles. The molecule has 1 aliphatic rings. The average Bonchev–Trinajstić information content (AvgIpc) is 2.68. The van der Waals surface area contributed by atoms with E-state index in [0.29, 0.717) is 11.5 Å². The molecule has 0 radical (unpaired) electrons. The normalized spacial score (nSPS) is 18.3. The van der Waals surface area contributed by atoms with Crippen LogP contribution in [0.5, 0.6) is 0 Å². The Bertz CT molecular complexity index is 440. The third-order valence-corrected chi connectivity index (χ3v) is 4.52. The predicted octanol–water partition coefficient (Wildman–Crippen LogP) is 4.18. The molecule has 2 nitrogen and oxygen atoms in total. The minimum atomic E-state index is 0.449. The third-order valence-electron chi connectivity index (χ3n) is 3.78. The highest BCUT2D eigenvalue weighted by molar-refractivity contribution is 9.10. The van der Waals surface area contributed by atoms with Gasteiger partial charge in [0, 0.05) is 35.8 Å². The molecule has 106 valence electrons. The molecule has 0 aromatic heterocycles. The van der Waals surface area contributed by atoms with E-state index in [1.807, 2.05) is 0 Å². The highest BCUT2D eigenvalue weighted by atomic mass is 79.9. The van der Waals surface area contributed by atoms with Crippen molar-refractivity contribution in [3.05, 3.63) is 28.2 Å². The van der Waals surface area contributed by atoms with Gasteiger partial charge < -0.3 is 10.2 Å². The van der Waals surface area contributed by atoms with Gasteiger partial charge in [0.15, 0.2) is 0 Å². The summed E-state index contributed by atoms with van der Waals surface area (Å²) in [5, 5.41) is 3.46. The van der Waals surface area contributed by atoms with Crippen LogP contribution < -0.4 is 10.2 Å². The SMILES string of the molecule is CC(C)NCc1ccc(N2CCC(C)(C)C2)cc1Br. The molecule has 2 rings (SSSR count). The zero-order chi connectivity index (χ0) is 14.0. The summed E-state index contributed by atoms with van der Waals surface area (Å²) in [6.07, 6.45) is 1.28. The lowest BCUT2D eigenvalue weighted by Gasteiger charge is -2.22. The number of rotatable bonds is 4. The molecule has 0 amide bonds. The minimum Gasteiger partial charge on any atom is -0.371 e. The Morgan fingerprint density at radius 2 is 2.11 bits per heavy atom. The van der Waals surface area contributed by atoms with Crippen molar-refractivity contribution >= 4 is 21.6 Å². The van der Waals surface area contributed by atoms with Crippen molar-refractivity contribution < 1.29 is 0 Å². The maximum absolute atomic E-state index is 3.71. The fraction of sp³-hybridized carbons (Fsp3) is 0.625. The van der Waals surface area contributed by atoms with Crippen molar-refractivity contribution in [2.45, 2.75) is 46.7 Å². The molecular formula is C16H25BrN2. The predicted molar refractivity (Wildman–Crippen MR) is 86.7 cm³/mol. The highest BCUT2D eigenvalue weighted by Crippen LogP contribution is 2.34. The van der Waals surface area contributed by atoms with Gasteiger partial charge in [-0.2, -0.15) is 0 Å². The molecule has 0 saturated carbocycles. The van der Waals surface area contributed by atoms with E-state index in [4.69, 9.17) is 0 Å². The molecule has 3 heteroatoms. The minimum absolute atomic E-state index is 0.449. The number of hydrogen-bond acceptors (Lipinski definition) is 2. The fourth-order valence-corrected chi connectivity index (χ4v) is 3.03. The number of halogens is 1. The van der Waals surface area contributed by atoms with Gasteiger partial charge in [0.05, 0.1) is 0 Å². The molecular weight excluding hydrogens is 300 g/mol. The fourth-order valence-electron chi connectivity index (χ4n) is 2.52. The van der Waals surface area contributed by atoms with Gasteiger partial charge in [-0.1, -0.05) is 49.7 Å². The maximum atomic E-state index is 3.71. The van der Waals surface area contributed by atoms with Crippen molar-refractivity contribution in [3.63, 3.8) is 0 Å². The van der Waals surface area contributed by atoms with Crippen LogP contribution in [0.2, 0.25) is 0 Å². The van der Waals surface area contributed by atoms with Crippen LogP contribution in [0, 0.1) is 5.41 Å². The lowest BCUT2D eigenvalue weighted by atomic mass is 9.93. The monoisotopic (exact) mass is 324 g/mol. The van der Waals surface area contributed by atoms with Crippen LogP contribution in [0.1, 0.15) is 39.7 Å². The molecule has 1 heterocycles. The van der Waals surface area contributed by atoms with Gasteiger partial charge in [0.1, 0.15) is 0 Å². The maximum Gasteiger partial charge on any atom is 0.0377 e. The van der Waals surface area contributed by atoms with E-state index in [-0.39, 0.29) is 0 Å². The Kier molecular flexibility index (Phi) is 4.57. The summed E-state index contributed by atoms with van der Waals surface area (Å²) in [6.45, 7) is 12.3. The number of hydrogen-bond donors (Lipinski definition) is 1. The van der Waals surface area contributed by atoms with Gasteiger partial charge in [0.25, 0.3) is 0 Å². The first kappa shape index (κ1) is 14.9. The van der Waals surface area contributed by atoms with Crippen molar-refractivity contribution in [1.29, 1.82) is 0 Å². The lowest BCUT2D eigenvalue weighted by Crippen LogP contribution is -2.23. The van der Waals surface area contributed by atoms with Gasteiger partial charge in [0.2, 0.25) is 0 Å². The quantitative estimate of drug-likeness (QED) is 0.893. The molecule has 19 heavy (non-hydrogen) atoms. The number of nitrogens with zero attached hydrogens (tertiary/aromatic N) is 1. The molecule has 0 unspecified atom stereocenters. The van der Waals surface area contributed by atoms with Crippen LogP contribution in [0.4, 0.5) is 5.69 Å². The summed E-state index contributed by atoms with van der Waals surface area (Å²) in [7, 11) is 0. The van der Waals surface area contributed by atoms with Gasteiger partial charge >= 0.3 is 0 Å². The van der Waals surface area contributed by atoms with Crippen LogP contribution in [-0.4, -0.2) is 19.1 Å². The van der Waals surface area contributed by atoms with Crippen LogP contribution in [0.25, 0.3) is 0 Å². The summed E-state index contributed by atoms with van der Waals surface area (Å²) < 4.78 is 1.21. The van der Waals surface area contributed by atoms with E-state index in [2.05, 4.69) is 72.0 Å². The lowest BCUT2D eigenvalue weighted by molar-refractivity contribution is 0.418. The van der Waals surface area contributed by atoms with Crippen molar-refractivity contribution in [2.75, 3.05) is 18.0 Å². The molecule has 0 spiro atoms. The highest BCUT2D eigenvalue weighted by Gasteiger charge is 2.29. The zero-order valence-electron chi connectivity index (χ0n) is 12.5. The Balaban J connectivity index is 2.07. The number of nitrogens with one attached hydrogen (secondary N) is 1. The molecule has 1 saturated heterocycles. The zero-order valence-corrected chi connectivity index (χ0v) is 14.0. The standard InChI is InChI=1S/C16H25BrN2/c1-12(2)18-10-13-5-6-14(9-15(13)17)19-8-7-16(3,4)11-19/h5-6,9,12,18H,7-8,10-11H2,1-4H3. The molecule has 0 atom stereocenters. The molecule has 1 aromatic rings. The van der Waals surface area contributed by atoms with Crippen LogP contribution in [0.15, 0.2) is 22.7 Å². The van der Waals surface area contributed by atoms with Gasteiger partial charge in [-0.15, -0.1) is 0 Å². The van der Waals surface area contributed by atoms with Gasteiger partial charge in [-0.05, 0) is 29.5 Å². The second-order valence-electron chi connectivity index (χ2n) is 6.65. The van der Waals surface area contributed by atoms with Crippen molar-refractivity contribution in [2.24, 2.45) is 5.41 Å². The topological polar surface area (TPSA) is 15.3 Å². The Morgan fingerprint density at radius 3 is 2.63 bits per heavy atom. The Morgan fingerprint density at radius 1 is 1.37 bits per heavy atom. The Labute approximate surface area is 125 Å². The van der Waals surface area contributed by atoms with E-state index < -0.39 is 0 Å². The summed E-state index contributed by atoms with van der Waals surface area (Å²) in [6, 6.07) is 7.27. The number of benzene rings is 1. The van der Waals surface area contributed by atoms with Crippen molar-refractivity contribution in [1.82, 2.24) is 5.32 Å². The third kappa shape index (κ3) is 3.96. The van der Waals surface area contributed by atoms with E-state index in [9.17, 15) is 0 Å². The molecule has 1 fully saturated rings. The molecule has 1 aliphatic heterocycles. The van der Waals surface area contributed by atoms with Crippen LogP contribution in [0.3, 0.4) is 0 Å².